The molecule has 1 aliphatic carbocycles. The van der Waals surface area contributed by atoms with Crippen LogP contribution in [-0.4, -0.2) is 11.0 Å². The fourth-order valence-electron chi connectivity index (χ4n) is 3.94. The van der Waals surface area contributed by atoms with E-state index in [4.69, 9.17) is 4.42 Å². The fourth-order valence-corrected chi connectivity index (χ4v) is 4.72. The molecule has 0 radical (unpaired) electrons. The Morgan fingerprint density at radius 1 is 1.04 bits per heavy atom. The van der Waals surface area contributed by atoms with E-state index in [0.717, 1.165) is 21.3 Å². The maximum absolute atomic E-state index is 12.5. The van der Waals surface area contributed by atoms with E-state index in [0.29, 0.717) is 22.9 Å². The van der Waals surface area contributed by atoms with E-state index >= 15 is 0 Å². The first-order chi connectivity index (χ1) is 13.3. The predicted molar refractivity (Wildman–Crippen MR) is 112 cm³/mol. The lowest BCUT2D eigenvalue weighted by atomic mass is 9.96. The number of nitrogens with one attached hydrogen (secondary N) is 1. The lowest BCUT2D eigenvalue weighted by Gasteiger charge is -2.22. The van der Waals surface area contributed by atoms with Gasteiger partial charge in [0, 0.05) is 16.8 Å². The summed E-state index contributed by atoms with van der Waals surface area (Å²) in [7, 11) is 0. The van der Waals surface area contributed by atoms with Gasteiger partial charge in [0.2, 0.25) is 0 Å². The quantitative estimate of drug-likeness (QED) is 0.362. The van der Waals surface area contributed by atoms with E-state index < -0.39 is 0 Å². The topological polar surface area (TPSA) is 55.1 Å². The van der Waals surface area contributed by atoms with E-state index in [1.165, 1.54) is 32.1 Å². The molecule has 4 nitrogen and oxygen atoms in total. The van der Waals surface area contributed by atoms with E-state index in [-0.39, 0.29) is 5.63 Å². The SMILES string of the molecule is O=c1oc2ccc3ccccc3c2cc1-c1csc(NC2CCCCC2)n1. The zero-order valence-corrected chi connectivity index (χ0v) is 15.7. The number of benzene rings is 2. The Balaban J connectivity index is 1.55. The van der Waals surface area contributed by atoms with Gasteiger partial charge in [-0.3, -0.25) is 0 Å². The number of thiazole rings is 1. The molecule has 0 bridgehead atoms. The molecule has 1 fully saturated rings. The average Bonchev–Trinajstić information content (AvgIpc) is 3.16. The van der Waals surface area contributed by atoms with Gasteiger partial charge < -0.3 is 9.73 Å². The first-order valence-corrected chi connectivity index (χ1v) is 10.3. The summed E-state index contributed by atoms with van der Waals surface area (Å²) >= 11 is 1.55. The molecule has 0 aliphatic heterocycles. The third-order valence-electron chi connectivity index (χ3n) is 5.35. The summed E-state index contributed by atoms with van der Waals surface area (Å²) in [6.45, 7) is 0. The van der Waals surface area contributed by atoms with Gasteiger partial charge in [0.15, 0.2) is 5.13 Å². The van der Waals surface area contributed by atoms with Gasteiger partial charge in [0.1, 0.15) is 5.58 Å². The second-order valence-corrected chi connectivity index (χ2v) is 8.02. The highest BCUT2D eigenvalue weighted by Crippen LogP contribution is 2.30. The van der Waals surface area contributed by atoms with Crippen LogP contribution in [0.5, 0.6) is 0 Å². The minimum Gasteiger partial charge on any atom is -0.422 e. The molecular weight excluding hydrogens is 356 g/mol. The second kappa shape index (κ2) is 6.82. The molecule has 0 saturated heterocycles. The molecule has 1 N–H and O–H groups in total. The van der Waals surface area contributed by atoms with Crippen LogP contribution in [0, 0.1) is 0 Å². The van der Waals surface area contributed by atoms with Crippen LogP contribution in [0.1, 0.15) is 32.1 Å². The molecule has 5 heteroatoms. The van der Waals surface area contributed by atoms with Crippen LogP contribution in [0.15, 0.2) is 57.1 Å². The molecule has 5 rings (SSSR count). The van der Waals surface area contributed by atoms with E-state index in [1.54, 1.807) is 11.3 Å². The highest BCUT2D eigenvalue weighted by atomic mass is 32.1. The van der Waals surface area contributed by atoms with Crippen molar-refractivity contribution >= 4 is 38.2 Å². The number of nitrogens with zero attached hydrogens (tertiary/aromatic N) is 1. The molecule has 136 valence electrons. The summed E-state index contributed by atoms with van der Waals surface area (Å²) in [5, 5.41) is 9.50. The van der Waals surface area contributed by atoms with Crippen molar-refractivity contribution in [1.29, 1.82) is 0 Å². The van der Waals surface area contributed by atoms with Gasteiger partial charge in [-0.25, -0.2) is 9.78 Å². The second-order valence-electron chi connectivity index (χ2n) is 7.16. The Hall–Kier alpha value is -2.66. The van der Waals surface area contributed by atoms with Crippen molar-refractivity contribution in [3.63, 3.8) is 0 Å². The maximum Gasteiger partial charge on any atom is 0.345 e. The van der Waals surface area contributed by atoms with Gasteiger partial charge in [-0.2, -0.15) is 0 Å². The first-order valence-electron chi connectivity index (χ1n) is 9.46. The maximum atomic E-state index is 12.5. The summed E-state index contributed by atoms with van der Waals surface area (Å²) in [6.07, 6.45) is 6.26. The smallest absolute Gasteiger partial charge is 0.345 e. The summed E-state index contributed by atoms with van der Waals surface area (Å²) in [5.74, 6) is 0. The van der Waals surface area contributed by atoms with E-state index in [1.807, 2.05) is 35.7 Å². The van der Waals surface area contributed by atoms with Crippen LogP contribution < -0.4 is 10.9 Å². The summed E-state index contributed by atoms with van der Waals surface area (Å²) in [5.41, 5.74) is 1.47. The number of rotatable bonds is 3. The van der Waals surface area contributed by atoms with Crippen molar-refractivity contribution < 1.29 is 4.42 Å². The molecule has 0 spiro atoms. The van der Waals surface area contributed by atoms with Crippen LogP contribution in [0.25, 0.3) is 33.0 Å². The normalized spacial score (nSPS) is 15.4. The zero-order valence-electron chi connectivity index (χ0n) is 14.9. The van der Waals surface area contributed by atoms with Crippen molar-refractivity contribution in [3.05, 3.63) is 58.3 Å². The van der Waals surface area contributed by atoms with Crippen LogP contribution in [0.3, 0.4) is 0 Å². The summed E-state index contributed by atoms with van der Waals surface area (Å²) in [6, 6.07) is 14.4. The lowest BCUT2D eigenvalue weighted by molar-refractivity contribution is 0.462. The van der Waals surface area contributed by atoms with Crippen molar-refractivity contribution in [2.24, 2.45) is 0 Å². The molecule has 2 aromatic carbocycles. The molecule has 4 aromatic rings. The molecule has 2 heterocycles. The van der Waals surface area contributed by atoms with Crippen LogP contribution >= 0.6 is 11.3 Å². The molecule has 0 amide bonds. The third kappa shape index (κ3) is 3.12. The first kappa shape index (κ1) is 16.5. The van der Waals surface area contributed by atoms with E-state index in [9.17, 15) is 4.79 Å². The Kier molecular flexibility index (Phi) is 4.17. The number of hydrogen-bond acceptors (Lipinski definition) is 5. The molecule has 27 heavy (non-hydrogen) atoms. The summed E-state index contributed by atoms with van der Waals surface area (Å²) in [4.78, 5) is 17.2. The van der Waals surface area contributed by atoms with Crippen LogP contribution in [0.2, 0.25) is 0 Å². The monoisotopic (exact) mass is 376 g/mol. The highest BCUT2D eigenvalue weighted by Gasteiger charge is 2.17. The summed E-state index contributed by atoms with van der Waals surface area (Å²) < 4.78 is 5.60. The Bertz CT molecular complexity index is 1170. The molecular formula is C22H20N2O2S. The van der Waals surface area contributed by atoms with Crippen molar-refractivity contribution in [2.45, 2.75) is 38.1 Å². The van der Waals surface area contributed by atoms with Gasteiger partial charge in [0.05, 0.1) is 11.3 Å². The van der Waals surface area contributed by atoms with Gasteiger partial charge in [-0.15, -0.1) is 11.3 Å². The number of hydrogen-bond donors (Lipinski definition) is 1. The van der Waals surface area contributed by atoms with Crippen LogP contribution in [0.4, 0.5) is 5.13 Å². The molecule has 0 atom stereocenters. The standard InChI is InChI=1S/C22H20N2O2S/c25-21-18(19-13-27-22(24-19)23-15-7-2-1-3-8-15)12-17-16-9-5-4-6-14(16)10-11-20(17)26-21/h4-6,9-13,15H,1-3,7-8H2,(H,23,24). The molecule has 1 saturated carbocycles. The Labute approximate surface area is 160 Å². The molecule has 0 unspecified atom stereocenters. The minimum atomic E-state index is -0.340. The predicted octanol–water partition coefficient (Wildman–Crippen LogP) is 5.81. The largest absolute Gasteiger partial charge is 0.422 e. The number of anilines is 1. The van der Waals surface area contributed by atoms with Crippen molar-refractivity contribution in [2.75, 3.05) is 5.32 Å². The number of fused-ring (bicyclic) bond motifs is 3. The van der Waals surface area contributed by atoms with E-state index in [2.05, 4.69) is 22.4 Å². The van der Waals surface area contributed by atoms with Crippen LogP contribution in [-0.2, 0) is 0 Å². The number of aromatic nitrogens is 1. The highest BCUT2D eigenvalue weighted by molar-refractivity contribution is 7.14. The molecule has 1 aliphatic rings. The van der Waals surface area contributed by atoms with Gasteiger partial charge in [-0.05, 0) is 35.7 Å². The Morgan fingerprint density at radius 2 is 1.89 bits per heavy atom. The average molecular weight is 376 g/mol. The molecule has 2 aromatic heterocycles. The van der Waals surface area contributed by atoms with Crippen molar-refractivity contribution in [3.8, 4) is 11.3 Å². The zero-order chi connectivity index (χ0) is 18.2. The minimum absolute atomic E-state index is 0.340. The van der Waals surface area contributed by atoms with Gasteiger partial charge >= 0.3 is 5.63 Å². The lowest BCUT2D eigenvalue weighted by Crippen LogP contribution is -2.22. The fraction of sp³-hybridized carbons (Fsp3) is 0.273. The van der Waals surface area contributed by atoms with Crippen molar-refractivity contribution in [1.82, 2.24) is 4.98 Å². The van der Waals surface area contributed by atoms with Gasteiger partial charge in [-0.1, -0.05) is 49.6 Å². The Morgan fingerprint density at radius 3 is 2.78 bits per heavy atom. The third-order valence-corrected chi connectivity index (χ3v) is 6.13. The van der Waals surface area contributed by atoms with Gasteiger partial charge in [0.25, 0.3) is 0 Å².